The molecule has 14 heavy (non-hydrogen) atoms. The second kappa shape index (κ2) is 4.61. The number of amides is 1. The molecule has 74 valence electrons. The van der Waals surface area contributed by atoms with Crippen LogP contribution in [-0.4, -0.2) is 23.9 Å². The minimum Gasteiger partial charge on any atom is -0.334 e. The Hall–Kier alpha value is -1.57. The van der Waals surface area contributed by atoms with E-state index in [0.29, 0.717) is 13.1 Å². The van der Waals surface area contributed by atoms with Crippen molar-refractivity contribution in [3.05, 3.63) is 48.6 Å². The van der Waals surface area contributed by atoms with Gasteiger partial charge >= 0.3 is 0 Å². The summed E-state index contributed by atoms with van der Waals surface area (Å²) in [5, 5.41) is 0. The standard InChI is InChI=1S/C12H15NO/c1-4-6-7-12-9-13(10(3)14)8-11(12)5-2/h4-7H,1-2,8-9H2,3H3/b7-6-. The van der Waals surface area contributed by atoms with Gasteiger partial charge in [0.05, 0.1) is 0 Å². The van der Waals surface area contributed by atoms with Gasteiger partial charge < -0.3 is 4.90 Å². The maximum Gasteiger partial charge on any atom is 0.220 e. The Morgan fingerprint density at radius 3 is 2.50 bits per heavy atom. The predicted octanol–water partition coefficient (Wildman–Crippen LogP) is 2.07. The Morgan fingerprint density at radius 2 is 2.00 bits per heavy atom. The van der Waals surface area contributed by atoms with Crippen LogP contribution in [0, 0.1) is 0 Å². The van der Waals surface area contributed by atoms with Crippen molar-refractivity contribution in [2.45, 2.75) is 6.92 Å². The highest BCUT2D eigenvalue weighted by Gasteiger charge is 2.19. The first-order valence-corrected chi connectivity index (χ1v) is 4.58. The summed E-state index contributed by atoms with van der Waals surface area (Å²) in [5.41, 5.74) is 2.27. The third kappa shape index (κ3) is 2.22. The molecule has 0 aliphatic carbocycles. The third-order valence-electron chi connectivity index (χ3n) is 2.26. The van der Waals surface area contributed by atoms with Gasteiger partial charge in [0.25, 0.3) is 0 Å². The quantitative estimate of drug-likeness (QED) is 0.622. The van der Waals surface area contributed by atoms with Gasteiger partial charge in [-0.15, -0.1) is 0 Å². The fourth-order valence-electron chi connectivity index (χ4n) is 1.43. The Labute approximate surface area is 84.9 Å². The lowest BCUT2D eigenvalue weighted by molar-refractivity contribution is -0.127. The van der Waals surface area contributed by atoms with Crippen LogP contribution in [-0.2, 0) is 4.79 Å². The largest absolute Gasteiger partial charge is 0.334 e. The summed E-state index contributed by atoms with van der Waals surface area (Å²) < 4.78 is 0. The molecule has 0 saturated heterocycles. The van der Waals surface area contributed by atoms with E-state index in [2.05, 4.69) is 13.2 Å². The molecule has 0 aromatic heterocycles. The topological polar surface area (TPSA) is 20.3 Å². The Kier molecular flexibility index (Phi) is 3.46. The molecule has 2 heteroatoms. The molecule has 1 rings (SSSR count). The fourth-order valence-corrected chi connectivity index (χ4v) is 1.43. The Bertz CT molecular complexity index is 323. The number of rotatable bonds is 3. The van der Waals surface area contributed by atoms with E-state index in [1.807, 2.05) is 18.2 Å². The van der Waals surface area contributed by atoms with Crippen LogP contribution in [0.4, 0.5) is 0 Å². The van der Waals surface area contributed by atoms with Crippen LogP contribution in [0.25, 0.3) is 0 Å². The third-order valence-corrected chi connectivity index (χ3v) is 2.26. The van der Waals surface area contributed by atoms with Crippen molar-refractivity contribution < 1.29 is 4.79 Å². The minimum absolute atomic E-state index is 0.103. The number of hydrogen-bond acceptors (Lipinski definition) is 1. The van der Waals surface area contributed by atoms with Crippen molar-refractivity contribution in [2.75, 3.05) is 13.1 Å². The van der Waals surface area contributed by atoms with Crippen molar-refractivity contribution in [1.29, 1.82) is 0 Å². The minimum atomic E-state index is 0.103. The van der Waals surface area contributed by atoms with Crippen LogP contribution >= 0.6 is 0 Å². The molecule has 0 N–H and O–H groups in total. The molecule has 0 aromatic rings. The number of carbonyl (C=O) groups excluding carboxylic acids is 1. The van der Waals surface area contributed by atoms with E-state index >= 15 is 0 Å². The molecular weight excluding hydrogens is 174 g/mol. The number of carbonyl (C=O) groups is 1. The van der Waals surface area contributed by atoms with Gasteiger partial charge in [-0.1, -0.05) is 37.5 Å². The molecule has 0 aromatic carbocycles. The van der Waals surface area contributed by atoms with Crippen molar-refractivity contribution in [2.24, 2.45) is 0 Å². The molecule has 0 fully saturated rings. The van der Waals surface area contributed by atoms with E-state index in [4.69, 9.17) is 0 Å². The molecule has 0 radical (unpaired) electrons. The molecule has 0 unspecified atom stereocenters. The molecule has 1 aliphatic heterocycles. The summed E-state index contributed by atoms with van der Waals surface area (Å²) >= 11 is 0. The second-order valence-electron chi connectivity index (χ2n) is 3.22. The summed E-state index contributed by atoms with van der Waals surface area (Å²) in [4.78, 5) is 12.9. The van der Waals surface area contributed by atoms with Gasteiger partial charge in [0.15, 0.2) is 0 Å². The van der Waals surface area contributed by atoms with Gasteiger partial charge in [-0.3, -0.25) is 4.79 Å². The van der Waals surface area contributed by atoms with Crippen LogP contribution in [0.15, 0.2) is 48.6 Å². The normalized spacial score (nSPS) is 16.5. The zero-order valence-corrected chi connectivity index (χ0v) is 8.49. The molecule has 0 saturated carbocycles. The maximum atomic E-state index is 11.1. The highest BCUT2D eigenvalue weighted by atomic mass is 16.2. The first kappa shape index (κ1) is 10.5. The first-order valence-electron chi connectivity index (χ1n) is 4.58. The Balaban J connectivity index is 2.80. The number of hydrogen-bond donors (Lipinski definition) is 0. The van der Waals surface area contributed by atoms with E-state index in [1.165, 1.54) is 0 Å². The first-order chi connectivity index (χ1) is 6.69. The van der Waals surface area contributed by atoms with Gasteiger partial charge in [-0.25, -0.2) is 0 Å². The summed E-state index contributed by atoms with van der Waals surface area (Å²) in [6.45, 7) is 10.3. The highest BCUT2D eigenvalue weighted by Crippen LogP contribution is 2.19. The van der Waals surface area contributed by atoms with Crippen molar-refractivity contribution >= 4 is 5.91 Å². The lowest BCUT2D eigenvalue weighted by atomic mass is 10.1. The summed E-state index contributed by atoms with van der Waals surface area (Å²) in [6.07, 6.45) is 7.39. The molecule has 1 aliphatic rings. The molecule has 0 spiro atoms. The molecule has 1 heterocycles. The van der Waals surface area contributed by atoms with Gasteiger partial charge in [0.2, 0.25) is 5.91 Å². The summed E-state index contributed by atoms with van der Waals surface area (Å²) in [6, 6.07) is 0. The van der Waals surface area contributed by atoms with Crippen molar-refractivity contribution in [1.82, 2.24) is 4.90 Å². The van der Waals surface area contributed by atoms with Crippen LogP contribution in [0.5, 0.6) is 0 Å². The molecule has 1 amide bonds. The van der Waals surface area contributed by atoms with E-state index in [-0.39, 0.29) is 5.91 Å². The van der Waals surface area contributed by atoms with Gasteiger partial charge in [0, 0.05) is 20.0 Å². The molecule has 2 nitrogen and oxygen atoms in total. The van der Waals surface area contributed by atoms with E-state index in [0.717, 1.165) is 11.1 Å². The maximum absolute atomic E-state index is 11.1. The average molecular weight is 189 g/mol. The molecule has 0 bridgehead atoms. The fraction of sp³-hybridized carbons (Fsp3) is 0.250. The van der Waals surface area contributed by atoms with Crippen molar-refractivity contribution in [3.8, 4) is 0 Å². The predicted molar refractivity (Wildman–Crippen MR) is 58.8 cm³/mol. The SMILES string of the molecule is C=C/C=C\C1=C(C=C)CN(C(C)=O)C1. The van der Waals surface area contributed by atoms with Gasteiger partial charge in [0.1, 0.15) is 0 Å². The monoisotopic (exact) mass is 189 g/mol. The second-order valence-corrected chi connectivity index (χ2v) is 3.22. The van der Waals surface area contributed by atoms with Crippen LogP contribution in [0.2, 0.25) is 0 Å². The van der Waals surface area contributed by atoms with Gasteiger partial charge in [-0.2, -0.15) is 0 Å². The average Bonchev–Trinajstić information content (AvgIpc) is 2.57. The van der Waals surface area contributed by atoms with E-state index in [9.17, 15) is 4.79 Å². The van der Waals surface area contributed by atoms with Crippen molar-refractivity contribution in [3.63, 3.8) is 0 Å². The zero-order chi connectivity index (χ0) is 10.6. The molecule has 0 atom stereocenters. The lowest BCUT2D eigenvalue weighted by Crippen LogP contribution is -2.26. The number of nitrogens with zero attached hydrogens (tertiary/aromatic N) is 1. The lowest BCUT2D eigenvalue weighted by Gasteiger charge is -2.12. The number of allylic oxidation sites excluding steroid dienone is 2. The van der Waals surface area contributed by atoms with E-state index < -0.39 is 0 Å². The zero-order valence-electron chi connectivity index (χ0n) is 8.49. The van der Waals surface area contributed by atoms with E-state index in [1.54, 1.807) is 17.9 Å². The highest BCUT2D eigenvalue weighted by molar-refractivity contribution is 5.75. The van der Waals surface area contributed by atoms with Gasteiger partial charge in [-0.05, 0) is 11.1 Å². The van der Waals surface area contributed by atoms with Crippen LogP contribution in [0.3, 0.4) is 0 Å². The van der Waals surface area contributed by atoms with Crippen LogP contribution < -0.4 is 0 Å². The summed E-state index contributed by atoms with van der Waals surface area (Å²) in [5.74, 6) is 0.103. The molecular formula is C12H15NO. The van der Waals surface area contributed by atoms with Crippen LogP contribution in [0.1, 0.15) is 6.92 Å². The Morgan fingerprint density at radius 1 is 1.36 bits per heavy atom. The summed E-state index contributed by atoms with van der Waals surface area (Å²) in [7, 11) is 0. The smallest absolute Gasteiger partial charge is 0.220 e.